The van der Waals surface area contributed by atoms with Crippen LogP contribution in [0.25, 0.3) is 0 Å². The van der Waals surface area contributed by atoms with Crippen molar-refractivity contribution in [2.75, 3.05) is 18.5 Å². The van der Waals surface area contributed by atoms with E-state index in [9.17, 15) is 19.2 Å². The van der Waals surface area contributed by atoms with Gasteiger partial charge in [0, 0.05) is 22.7 Å². The monoisotopic (exact) mass is 497 g/mol. The number of rotatable bonds is 6. The van der Waals surface area contributed by atoms with Crippen molar-refractivity contribution in [3.05, 3.63) is 62.6 Å². The molecular weight excluding hydrogens is 481 g/mol. The fourth-order valence-electron chi connectivity index (χ4n) is 2.98. The SMILES string of the molecule is Cc1c(Cl)cccc1NC(=O)COC(=O)[C@@H]1CC(=O)N(NC(=O)c2ccc(Cl)c(Cl)c2)C1. The van der Waals surface area contributed by atoms with Crippen molar-refractivity contribution in [1.82, 2.24) is 10.4 Å². The molecule has 0 unspecified atom stereocenters. The molecule has 1 saturated heterocycles. The molecule has 0 saturated carbocycles. The van der Waals surface area contributed by atoms with Crippen LogP contribution in [-0.4, -0.2) is 41.9 Å². The Kier molecular flexibility index (Phi) is 7.60. The predicted molar refractivity (Wildman–Crippen MR) is 120 cm³/mol. The molecule has 3 amide bonds. The lowest BCUT2D eigenvalue weighted by atomic mass is 10.1. The van der Waals surface area contributed by atoms with Crippen molar-refractivity contribution < 1.29 is 23.9 Å². The number of esters is 1. The van der Waals surface area contributed by atoms with E-state index in [-0.39, 0.29) is 28.6 Å². The zero-order valence-corrected chi connectivity index (χ0v) is 19.1. The summed E-state index contributed by atoms with van der Waals surface area (Å²) in [5.41, 5.74) is 3.82. The summed E-state index contributed by atoms with van der Waals surface area (Å²) in [6.45, 7) is 1.14. The van der Waals surface area contributed by atoms with Crippen LogP contribution in [0.15, 0.2) is 36.4 Å². The smallest absolute Gasteiger partial charge is 0.311 e. The molecule has 0 aromatic heterocycles. The van der Waals surface area contributed by atoms with Crippen molar-refractivity contribution in [2.24, 2.45) is 5.92 Å². The van der Waals surface area contributed by atoms with Gasteiger partial charge in [-0.25, -0.2) is 0 Å². The third-order valence-corrected chi connectivity index (χ3v) is 5.91. The summed E-state index contributed by atoms with van der Waals surface area (Å²) in [4.78, 5) is 48.9. The number of hydrogen-bond acceptors (Lipinski definition) is 5. The van der Waals surface area contributed by atoms with E-state index in [1.165, 1.54) is 18.2 Å². The van der Waals surface area contributed by atoms with E-state index in [4.69, 9.17) is 39.5 Å². The number of ether oxygens (including phenoxy) is 1. The molecule has 3 rings (SSSR count). The zero-order valence-electron chi connectivity index (χ0n) is 16.8. The molecule has 0 aliphatic carbocycles. The van der Waals surface area contributed by atoms with Crippen LogP contribution in [0.4, 0.5) is 5.69 Å². The minimum absolute atomic E-state index is 0.0836. The van der Waals surface area contributed by atoms with Gasteiger partial charge in [0.25, 0.3) is 11.8 Å². The van der Waals surface area contributed by atoms with Crippen LogP contribution in [0.2, 0.25) is 15.1 Å². The number of halogens is 3. The van der Waals surface area contributed by atoms with E-state index in [2.05, 4.69) is 10.7 Å². The number of hydrogen-bond donors (Lipinski definition) is 2. The van der Waals surface area contributed by atoms with E-state index in [0.717, 1.165) is 5.01 Å². The van der Waals surface area contributed by atoms with Gasteiger partial charge in [-0.3, -0.25) is 29.6 Å². The molecule has 8 nitrogen and oxygen atoms in total. The van der Waals surface area contributed by atoms with Crippen LogP contribution in [0, 0.1) is 12.8 Å². The predicted octanol–water partition coefficient (Wildman–Crippen LogP) is 3.63. The normalized spacial score (nSPS) is 15.4. The Labute approximate surface area is 198 Å². The van der Waals surface area contributed by atoms with Crippen molar-refractivity contribution in [1.29, 1.82) is 0 Å². The average Bonchev–Trinajstić information content (AvgIpc) is 3.12. The zero-order chi connectivity index (χ0) is 23.4. The van der Waals surface area contributed by atoms with Gasteiger partial charge in [0.1, 0.15) is 0 Å². The summed E-state index contributed by atoms with van der Waals surface area (Å²) >= 11 is 17.7. The summed E-state index contributed by atoms with van der Waals surface area (Å²) in [5.74, 6) is -3.13. The number of hydrazine groups is 1. The first-order valence-electron chi connectivity index (χ1n) is 9.43. The highest BCUT2D eigenvalue weighted by molar-refractivity contribution is 6.42. The van der Waals surface area contributed by atoms with E-state index < -0.39 is 36.2 Å². The molecule has 1 heterocycles. The minimum Gasteiger partial charge on any atom is -0.455 e. The topological polar surface area (TPSA) is 105 Å². The summed E-state index contributed by atoms with van der Waals surface area (Å²) in [5, 5.41) is 4.62. The maximum Gasteiger partial charge on any atom is 0.311 e. The number of anilines is 1. The number of nitrogens with zero attached hydrogens (tertiary/aromatic N) is 1. The first-order chi connectivity index (χ1) is 15.2. The lowest BCUT2D eigenvalue weighted by Crippen LogP contribution is -2.43. The Balaban J connectivity index is 1.51. The van der Waals surface area contributed by atoms with Crippen molar-refractivity contribution in [3.63, 3.8) is 0 Å². The Morgan fingerprint density at radius 2 is 1.84 bits per heavy atom. The van der Waals surface area contributed by atoms with Gasteiger partial charge >= 0.3 is 5.97 Å². The Hall–Kier alpha value is -2.81. The third kappa shape index (κ3) is 5.70. The molecule has 0 bridgehead atoms. The molecule has 32 heavy (non-hydrogen) atoms. The lowest BCUT2D eigenvalue weighted by molar-refractivity contribution is -0.151. The molecule has 0 spiro atoms. The fraction of sp³-hybridized carbons (Fsp3) is 0.238. The number of nitrogens with one attached hydrogen (secondary N) is 2. The highest BCUT2D eigenvalue weighted by atomic mass is 35.5. The van der Waals surface area contributed by atoms with Gasteiger partial charge < -0.3 is 10.1 Å². The Morgan fingerprint density at radius 3 is 2.56 bits per heavy atom. The van der Waals surface area contributed by atoms with Gasteiger partial charge in [0.05, 0.1) is 22.5 Å². The first kappa shape index (κ1) is 23.8. The van der Waals surface area contributed by atoms with Gasteiger partial charge in [-0.1, -0.05) is 40.9 Å². The van der Waals surface area contributed by atoms with Crippen LogP contribution >= 0.6 is 34.8 Å². The molecule has 1 atom stereocenters. The van der Waals surface area contributed by atoms with Crippen molar-refractivity contribution in [3.8, 4) is 0 Å². The van der Waals surface area contributed by atoms with Gasteiger partial charge in [0.15, 0.2) is 6.61 Å². The van der Waals surface area contributed by atoms with Crippen LogP contribution in [0.5, 0.6) is 0 Å². The number of benzene rings is 2. The molecule has 2 N–H and O–H groups in total. The molecule has 168 valence electrons. The molecule has 2 aromatic rings. The maximum absolute atomic E-state index is 12.3. The summed E-state index contributed by atoms with van der Waals surface area (Å²) in [7, 11) is 0. The number of carbonyl (C=O) groups is 4. The molecular formula is C21H18Cl3N3O5. The maximum atomic E-state index is 12.3. The quantitative estimate of drug-likeness (QED) is 0.592. The highest BCUT2D eigenvalue weighted by Crippen LogP contribution is 2.24. The van der Waals surface area contributed by atoms with Crippen molar-refractivity contribution >= 4 is 64.2 Å². The minimum atomic E-state index is -0.822. The molecule has 0 radical (unpaired) electrons. The van der Waals surface area contributed by atoms with Gasteiger partial charge in [-0.2, -0.15) is 0 Å². The molecule has 2 aromatic carbocycles. The van der Waals surface area contributed by atoms with E-state index in [1.807, 2.05) is 0 Å². The van der Waals surface area contributed by atoms with Gasteiger partial charge in [0.2, 0.25) is 5.91 Å². The second-order valence-corrected chi connectivity index (χ2v) is 8.27. The average molecular weight is 499 g/mol. The van der Waals surface area contributed by atoms with Crippen LogP contribution in [0.3, 0.4) is 0 Å². The molecule has 1 fully saturated rings. The van der Waals surface area contributed by atoms with Crippen LogP contribution in [-0.2, 0) is 19.1 Å². The number of amides is 3. The summed E-state index contributed by atoms with van der Waals surface area (Å²) in [6.07, 6.45) is -0.157. The summed E-state index contributed by atoms with van der Waals surface area (Å²) < 4.78 is 5.04. The van der Waals surface area contributed by atoms with Gasteiger partial charge in [-0.15, -0.1) is 0 Å². The van der Waals surface area contributed by atoms with E-state index in [0.29, 0.717) is 16.3 Å². The standard InChI is InChI=1S/C21H18Cl3N3O5/c1-11-14(22)3-2-4-17(11)25-18(28)10-32-21(31)13-8-19(29)27(9-13)26-20(30)12-5-6-15(23)16(24)7-12/h2-7,13H,8-10H2,1H3,(H,25,28)(H,26,30)/t13-/m1/s1. The molecule has 1 aliphatic rings. The van der Waals surface area contributed by atoms with E-state index >= 15 is 0 Å². The van der Waals surface area contributed by atoms with Crippen molar-refractivity contribution in [2.45, 2.75) is 13.3 Å². The Bertz CT molecular complexity index is 1090. The fourth-order valence-corrected chi connectivity index (χ4v) is 3.45. The third-order valence-electron chi connectivity index (χ3n) is 4.76. The highest BCUT2D eigenvalue weighted by Gasteiger charge is 2.36. The second kappa shape index (κ2) is 10.2. The summed E-state index contributed by atoms with van der Waals surface area (Å²) in [6, 6.07) is 9.32. The first-order valence-corrected chi connectivity index (χ1v) is 10.6. The lowest BCUT2D eigenvalue weighted by Gasteiger charge is -2.17. The van der Waals surface area contributed by atoms with Gasteiger partial charge in [-0.05, 0) is 42.8 Å². The largest absolute Gasteiger partial charge is 0.455 e. The van der Waals surface area contributed by atoms with Crippen LogP contribution < -0.4 is 10.7 Å². The Morgan fingerprint density at radius 1 is 1.09 bits per heavy atom. The van der Waals surface area contributed by atoms with Crippen LogP contribution in [0.1, 0.15) is 22.3 Å². The molecule has 1 aliphatic heterocycles. The second-order valence-electron chi connectivity index (χ2n) is 7.04. The van der Waals surface area contributed by atoms with E-state index in [1.54, 1.807) is 25.1 Å². The molecule has 11 heteroatoms. The number of carbonyl (C=O) groups excluding carboxylic acids is 4.